The molecule has 0 aromatic carbocycles. The zero-order valence-electron chi connectivity index (χ0n) is 8.91. The van der Waals surface area contributed by atoms with E-state index in [0.717, 1.165) is 0 Å². The first-order chi connectivity index (χ1) is 8.25. The molecule has 0 aliphatic carbocycles. The van der Waals surface area contributed by atoms with Crippen LogP contribution in [0.15, 0.2) is 0 Å². The molecule has 0 aromatic heterocycles. The molecule has 0 amide bonds. The third kappa shape index (κ3) is 2.28. The molecule has 0 N–H and O–H groups in total. The van der Waals surface area contributed by atoms with Crippen molar-refractivity contribution in [1.82, 2.24) is 0 Å². The summed E-state index contributed by atoms with van der Waals surface area (Å²) in [6.45, 7) is -1.47. The van der Waals surface area contributed by atoms with Crippen molar-refractivity contribution < 1.29 is 57.1 Å². The van der Waals surface area contributed by atoms with Gasteiger partial charge in [0, 0.05) is 0 Å². The molecular weight excluding hydrogens is 331 g/mol. The average molecular weight is 334 g/mol. The summed E-state index contributed by atoms with van der Waals surface area (Å²) in [5, 5.41) is 0. The summed E-state index contributed by atoms with van der Waals surface area (Å²) in [5.74, 6) is -15.0. The first-order valence-electron chi connectivity index (χ1n) is 4.21. The highest BCUT2D eigenvalue weighted by molar-refractivity contribution is 5.08. The van der Waals surface area contributed by atoms with Crippen LogP contribution in [0.25, 0.3) is 0 Å². The second kappa shape index (κ2) is 4.29. The van der Waals surface area contributed by atoms with Gasteiger partial charge in [-0.2, -0.15) is 57.1 Å². The maximum absolute atomic E-state index is 12.8. The van der Waals surface area contributed by atoms with Gasteiger partial charge in [0.05, 0.1) is 0 Å². The number of hydrogen-bond acceptors (Lipinski definition) is 0. The van der Waals surface area contributed by atoms with Crippen molar-refractivity contribution in [3.63, 3.8) is 0 Å². The molecular formula is C7H3F13. The van der Waals surface area contributed by atoms with Crippen molar-refractivity contribution in [2.75, 3.05) is 0 Å². The lowest BCUT2D eigenvalue weighted by Crippen LogP contribution is -2.68. The second-order valence-corrected chi connectivity index (χ2v) is 3.77. The van der Waals surface area contributed by atoms with E-state index in [-0.39, 0.29) is 0 Å². The minimum Gasteiger partial charge on any atom is -0.198 e. The van der Waals surface area contributed by atoms with Crippen LogP contribution >= 0.6 is 0 Å². The van der Waals surface area contributed by atoms with Gasteiger partial charge in [0.1, 0.15) is 0 Å². The molecule has 0 heterocycles. The second-order valence-electron chi connectivity index (χ2n) is 3.77. The Labute approximate surface area is 101 Å². The Bertz CT molecular complexity index is 338. The van der Waals surface area contributed by atoms with E-state index in [1.165, 1.54) is 0 Å². The smallest absolute Gasteiger partial charge is 0.198 e. The van der Waals surface area contributed by atoms with Gasteiger partial charge in [-0.3, -0.25) is 0 Å². The zero-order valence-corrected chi connectivity index (χ0v) is 8.91. The molecule has 0 fully saturated rings. The molecule has 20 heavy (non-hydrogen) atoms. The van der Waals surface area contributed by atoms with Gasteiger partial charge >= 0.3 is 30.4 Å². The first kappa shape index (κ1) is 19.1. The summed E-state index contributed by atoms with van der Waals surface area (Å²) in [6, 6.07) is 0. The van der Waals surface area contributed by atoms with Gasteiger partial charge in [-0.15, -0.1) is 0 Å². The fourth-order valence-corrected chi connectivity index (χ4v) is 1.01. The van der Waals surface area contributed by atoms with Gasteiger partial charge in [-0.05, 0) is 6.92 Å². The molecule has 13 heteroatoms. The number of rotatable bonds is 2. The Morgan fingerprint density at radius 1 is 0.400 bits per heavy atom. The van der Waals surface area contributed by atoms with Gasteiger partial charge < -0.3 is 0 Å². The van der Waals surface area contributed by atoms with Crippen molar-refractivity contribution >= 4 is 0 Å². The van der Waals surface area contributed by atoms with Crippen LogP contribution in [0.3, 0.4) is 0 Å². The predicted molar refractivity (Wildman–Crippen MR) is 36.2 cm³/mol. The van der Waals surface area contributed by atoms with Crippen molar-refractivity contribution in [2.45, 2.75) is 37.3 Å². The SMILES string of the molecule is CC(C(F)(F)F)(C(F)(F)F)C(F)(F)C(F)(F)C(F)(F)F. The van der Waals surface area contributed by atoms with E-state index in [2.05, 4.69) is 0 Å². The van der Waals surface area contributed by atoms with Gasteiger partial charge in [0.2, 0.25) is 5.41 Å². The summed E-state index contributed by atoms with van der Waals surface area (Å²) in [7, 11) is 0. The topological polar surface area (TPSA) is 0 Å². The first-order valence-corrected chi connectivity index (χ1v) is 4.21. The summed E-state index contributed by atoms with van der Waals surface area (Å²) in [4.78, 5) is 0. The lowest BCUT2D eigenvalue weighted by molar-refractivity contribution is -0.455. The fraction of sp³-hybridized carbons (Fsp3) is 1.00. The van der Waals surface area contributed by atoms with E-state index >= 15 is 0 Å². The van der Waals surface area contributed by atoms with Crippen molar-refractivity contribution in [3.8, 4) is 0 Å². The van der Waals surface area contributed by atoms with E-state index in [1.54, 1.807) is 0 Å². The van der Waals surface area contributed by atoms with Crippen LogP contribution in [0.5, 0.6) is 0 Å². The highest BCUT2D eigenvalue weighted by atomic mass is 19.4. The largest absolute Gasteiger partial charge is 0.459 e. The van der Waals surface area contributed by atoms with Crippen molar-refractivity contribution in [3.05, 3.63) is 0 Å². The average Bonchev–Trinajstić information content (AvgIpc) is 2.10. The van der Waals surface area contributed by atoms with Crippen LogP contribution in [0, 0.1) is 5.41 Å². The molecule has 0 saturated carbocycles. The van der Waals surface area contributed by atoms with E-state index in [9.17, 15) is 57.1 Å². The summed E-state index contributed by atoms with van der Waals surface area (Å²) < 4.78 is 158. The van der Waals surface area contributed by atoms with Crippen LogP contribution in [0.2, 0.25) is 0 Å². The highest BCUT2D eigenvalue weighted by Gasteiger charge is 2.90. The third-order valence-electron chi connectivity index (χ3n) is 2.51. The summed E-state index contributed by atoms with van der Waals surface area (Å²) in [5.41, 5.74) is -6.59. The Balaban J connectivity index is 6.38. The highest BCUT2D eigenvalue weighted by Crippen LogP contribution is 2.64. The lowest BCUT2D eigenvalue weighted by atomic mass is 9.78. The van der Waals surface area contributed by atoms with Crippen molar-refractivity contribution in [1.29, 1.82) is 0 Å². The van der Waals surface area contributed by atoms with E-state index in [0.29, 0.717) is 0 Å². The normalized spacial score (nSPS) is 16.5. The number of alkyl halides is 13. The van der Waals surface area contributed by atoms with Gasteiger partial charge in [-0.25, -0.2) is 0 Å². The van der Waals surface area contributed by atoms with Gasteiger partial charge in [-0.1, -0.05) is 0 Å². The molecule has 0 unspecified atom stereocenters. The standard InChI is InChI=1S/C7H3F13/c1-2(5(12,13)14,6(15,16)17)3(8,9)4(10,11)7(18,19)20/h1H3. The van der Waals surface area contributed by atoms with E-state index in [1.807, 2.05) is 0 Å². The monoisotopic (exact) mass is 334 g/mol. The summed E-state index contributed by atoms with van der Waals surface area (Å²) in [6.07, 6.45) is -21.5. The van der Waals surface area contributed by atoms with Crippen LogP contribution in [0.4, 0.5) is 57.1 Å². The molecule has 0 aromatic rings. The van der Waals surface area contributed by atoms with Crippen LogP contribution in [-0.2, 0) is 0 Å². The Morgan fingerprint density at radius 3 is 0.800 bits per heavy atom. The molecule has 0 rings (SSSR count). The minimum absolute atomic E-state index is 1.47. The molecule has 122 valence electrons. The van der Waals surface area contributed by atoms with E-state index in [4.69, 9.17) is 0 Å². The molecule has 0 saturated heterocycles. The van der Waals surface area contributed by atoms with Crippen LogP contribution in [-0.4, -0.2) is 30.4 Å². The van der Waals surface area contributed by atoms with Crippen molar-refractivity contribution in [2.24, 2.45) is 5.41 Å². The number of hydrogen-bond donors (Lipinski definition) is 0. The Kier molecular flexibility index (Phi) is 4.10. The molecule has 0 bridgehead atoms. The fourth-order valence-electron chi connectivity index (χ4n) is 1.01. The van der Waals surface area contributed by atoms with Crippen LogP contribution < -0.4 is 0 Å². The lowest BCUT2D eigenvalue weighted by Gasteiger charge is -2.43. The number of halogens is 13. The molecule has 0 atom stereocenters. The van der Waals surface area contributed by atoms with E-state index < -0.39 is 42.7 Å². The quantitative estimate of drug-likeness (QED) is 0.627. The molecule has 0 spiro atoms. The maximum atomic E-state index is 12.8. The Hall–Kier alpha value is -0.910. The molecule has 0 nitrogen and oxygen atoms in total. The van der Waals surface area contributed by atoms with Gasteiger partial charge in [0.25, 0.3) is 0 Å². The Morgan fingerprint density at radius 2 is 0.650 bits per heavy atom. The molecule has 0 radical (unpaired) electrons. The molecule has 0 aliphatic rings. The molecule has 0 aliphatic heterocycles. The van der Waals surface area contributed by atoms with Crippen LogP contribution in [0.1, 0.15) is 6.92 Å². The minimum atomic E-state index is -7.54. The maximum Gasteiger partial charge on any atom is 0.459 e. The third-order valence-corrected chi connectivity index (χ3v) is 2.51. The zero-order chi connectivity index (χ0) is 17.0. The predicted octanol–water partition coefficient (Wildman–Crippen LogP) is 4.95. The van der Waals surface area contributed by atoms with Gasteiger partial charge in [0.15, 0.2) is 0 Å². The summed E-state index contributed by atoms with van der Waals surface area (Å²) >= 11 is 0.